The summed E-state index contributed by atoms with van der Waals surface area (Å²) in [6, 6.07) is 3.09. The molecule has 2 fully saturated rings. The Morgan fingerprint density at radius 2 is 1.50 bits per heavy atom. The Morgan fingerprint density at radius 3 is 2.03 bits per heavy atom. The van der Waals surface area contributed by atoms with Gasteiger partial charge in [0.15, 0.2) is 11.5 Å². The van der Waals surface area contributed by atoms with Crippen molar-refractivity contribution in [1.82, 2.24) is 10.2 Å². The molecule has 2 heterocycles. The van der Waals surface area contributed by atoms with Gasteiger partial charge in [0.1, 0.15) is 5.75 Å². The standard InChI is InChI=1S/C16H20N2O6.C4H6O4/c1-21-12-5-14(23-3)13(22-2)4-9(12)6-18-11-8-24-7-10(11)17-15(19)16(18)20;1-7-3(5)4(6)8-2/h4-5,10-11H,6-8H2,1-3H3,(H,17,19);1-2H3/t10-,11+;/m0./s1. The van der Waals surface area contributed by atoms with Gasteiger partial charge in [-0.3, -0.25) is 9.59 Å². The van der Waals surface area contributed by atoms with E-state index in [1.807, 2.05) is 0 Å². The molecule has 0 unspecified atom stereocenters. The Hall–Kier alpha value is -3.54. The van der Waals surface area contributed by atoms with E-state index in [0.717, 1.165) is 19.8 Å². The summed E-state index contributed by atoms with van der Waals surface area (Å²) >= 11 is 0. The van der Waals surface area contributed by atoms with Gasteiger partial charge in [-0.2, -0.15) is 0 Å². The number of nitrogens with one attached hydrogen (secondary N) is 1. The van der Waals surface area contributed by atoms with Gasteiger partial charge in [-0.25, -0.2) is 9.59 Å². The number of ether oxygens (including phenoxy) is 6. The Balaban J connectivity index is 0.000000390. The molecule has 0 radical (unpaired) electrons. The monoisotopic (exact) mass is 454 g/mol. The minimum absolute atomic E-state index is 0.179. The molecule has 0 aromatic heterocycles. The van der Waals surface area contributed by atoms with Gasteiger partial charge in [0, 0.05) is 11.6 Å². The number of piperazine rings is 1. The van der Waals surface area contributed by atoms with Crippen molar-refractivity contribution in [3.05, 3.63) is 17.7 Å². The van der Waals surface area contributed by atoms with Crippen molar-refractivity contribution < 1.29 is 47.6 Å². The summed E-state index contributed by atoms with van der Waals surface area (Å²) in [4.78, 5) is 45.8. The number of methoxy groups -OCH3 is 5. The highest BCUT2D eigenvalue weighted by Gasteiger charge is 2.44. The largest absolute Gasteiger partial charge is 0.496 e. The smallest absolute Gasteiger partial charge is 0.417 e. The zero-order chi connectivity index (χ0) is 23.8. The van der Waals surface area contributed by atoms with Gasteiger partial charge in [-0.1, -0.05) is 0 Å². The number of rotatable bonds is 5. The van der Waals surface area contributed by atoms with Gasteiger partial charge in [0.25, 0.3) is 0 Å². The minimum Gasteiger partial charge on any atom is -0.496 e. The number of nitrogens with zero attached hydrogens (tertiary/aromatic N) is 1. The van der Waals surface area contributed by atoms with E-state index in [1.165, 1.54) is 26.2 Å². The van der Waals surface area contributed by atoms with Crippen LogP contribution in [-0.2, 0) is 39.9 Å². The molecule has 1 aromatic rings. The van der Waals surface area contributed by atoms with Crippen molar-refractivity contribution in [2.24, 2.45) is 0 Å². The molecule has 1 aromatic carbocycles. The molecular weight excluding hydrogens is 428 g/mol. The topological polar surface area (TPSA) is 139 Å². The number of amides is 2. The van der Waals surface area contributed by atoms with E-state index in [1.54, 1.807) is 12.1 Å². The summed E-state index contributed by atoms with van der Waals surface area (Å²) in [5.74, 6) is -1.52. The quantitative estimate of drug-likeness (QED) is 0.447. The Morgan fingerprint density at radius 1 is 0.938 bits per heavy atom. The van der Waals surface area contributed by atoms with E-state index < -0.39 is 23.8 Å². The molecule has 32 heavy (non-hydrogen) atoms. The Bertz CT molecular complexity index is 858. The Labute approximate surface area is 184 Å². The number of hydrogen-bond donors (Lipinski definition) is 1. The first-order valence-electron chi connectivity index (χ1n) is 9.45. The maximum Gasteiger partial charge on any atom is 0.417 e. The third-order valence-electron chi connectivity index (χ3n) is 4.89. The van der Waals surface area contributed by atoms with E-state index in [-0.39, 0.29) is 18.6 Å². The van der Waals surface area contributed by atoms with Gasteiger partial charge in [-0.05, 0) is 6.07 Å². The average Bonchev–Trinajstić information content (AvgIpc) is 3.28. The van der Waals surface area contributed by atoms with Crippen LogP contribution >= 0.6 is 0 Å². The van der Waals surface area contributed by atoms with Crippen LogP contribution in [0.25, 0.3) is 0 Å². The molecule has 3 rings (SSSR count). The Kier molecular flexibility index (Phi) is 8.64. The maximum atomic E-state index is 12.3. The number of hydrogen-bond acceptors (Lipinski definition) is 10. The fourth-order valence-corrected chi connectivity index (χ4v) is 3.25. The molecule has 2 amide bonds. The van der Waals surface area contributed by atoms with Crippen LogP contribution in [0.4, 0.5) is 0 Å². The first-order valence-corrected chi connectivity index (χ1v) is 9.45. The number of benzene rings is 1. The lowest BCUT2D eigenvalue weighted by Crippen LogP contribution is -2.62. The number of carbonyl (C=O) groups excluding carboxylic acids is 4. The number of esters is 2. The highest BCUT2D eigenvalue weighted by atomic mass is 16.6. The first-order chi connectivity index (χ1) is 15.3. The van der Waals surface area contributed by atoms with E-state index in [9.17, 15) is 19.2 Å². The number of fused-ring (bicyclic) bond motifs is 1. The summed E-state index contributed by atoms with van der Waals surface area (Å²) in [5, 5.41) is 2.68. The fourth-order valence-electron chi connectivity index (χ4n) is 3.25. The summed E-state index contributed by atoms with van der Waals surface area (Å²) in [6.45, 7) is 1.02. The predicted octanol–water partition coefficient (Wildman–Crippen LogP) is -0.729. The molecule has 2 atom stereocenters. The van der Waals surface area contributed by atoms with Crippen molar-refractivity contribution >= 4 is 23.8 Å². The lowest BCUT2D eigenvalue weighted by molar-refractivity contribution is -0.164. The molecule has 0 spiro atoms. The predicted molar refractivity (Wildman–Crippen MR) is 107 cm³/mol. The van der Waals surface area contributed by atoms with Crippen molar-refractivity contribution in [3.63, 3.8) is 0 Å². The molecule has 1 N–H and O–H groups in total. The van der Waals surface area contributed by atoms with Crippen LogP contribution < -0.4 is 19.5 Å². The van der Waals surface area contributed by atoms with E-state index in [2.05, 4.69) is 14.8 Å². The highest BCUT2D eigenvalue weighted by Crippen LogP contribution is 2.36. The van der Waals surface area contributed by atoms with E-state index >= 15 is 0 Å². The van der Waals surface area contributed by atoms with Crippen LogP contribution in [0.3, 0.4) is 0 Å². The van der Waals surface area contributed by atoms with Crippen LogP contribution in [-0.4, -0.2) is 89.5 Å². The SMILES string of the molecule is COC(=O)C(=O)OC.COc1cc(OC)c(OC)cc1CN1C(=O)C(=O)N[C@H]2COC[C@H]21. The summed E-state index contributed by atoms with van der Waals surface area (Å²) in [6.07, 6.45) is 0. The molecule has 2 aliphatic rings. The van der Waals surface area contributed by atoms with Crippen LogP contribution in [0.5, 0.6) is 17.2 Å². The molecule has 12 heteroatoms. The zero-order valence-electron chi connectivity index (χ0n) is 18.5. The van der Waals surface area contributed by atoms with Gasteiger partial charge in [0.05, 0.1) is 67.4 Å². The third-order valence-corrected chi connectivity index (χ3v) is 4.89. The summed E-state index contributed by atoms with van der Waals surface area (Å²) in [5.41, 5.74) is 0.726. The summed E-state index contributed by atoms with van der Waals surface area (Å²) < 4.78 is 29.4. The average molecular weight is 454 g/mol. The minimum atomic E-state index is -0.979. The molecule has 0 saturated carbocycles. The molecular formula is C20H26N2O10. The van der Waals surface area contributed by atoms with E-state index in [0.29, 0.717) is 30.5 Å². The lowest BCUT2D eigenvalue weighted by Gasteiger charge is -2.36. The zero-order valence-corrected chi connectivity index (χ0v) is 18.5. The van der Waals surface area contributed by atoms with Crippen molar-refractivity contribution in [1.29, 1.82) is 0 Å². The van der Waals surface area contributed by atoms with Crippen molar-refractivity contribution in [3.8, 4) is 17.2 Å². The van der Waals surface area contributed by atoms with Crippen LogP contribution in [0.15, 0.2) is 12.1 Å². The second kappa shape index (κ2) is 11.2. The number of carbonyl (C=O) groups is 4. The van der Waals surface area contributed by atoms with Crippen LogP contribution in [0.1, 0.15) is 5.56 Å². The van der Waals surface area contributed by atoms with Gasteiger partial charge >= 0.3 is 23.8 Å². The fraction of sp³-hybridized carbons (Fsp3) is 0.500. The highest BCUT2D eigenvalue weighted by molar-refractivity contribution is 6.35. The third kappa shape index (κ3) is 5.38. The van der Waals surface area contributed by atoms with Crippen molar-refractivity contribution in [2.75, 3.05) is 48.8 Å². The molecule has 176 valence electrons. The van der Waals surface area contributed by atoms with Gasteiger partial charge < -0.3 is 38.6 Å². The molecule has 12 nitrogen and oxygen atoms in total. The molecule has 2 saturated heterocycles. The molecule has 0 aliphatic carbocycles. The first kappa shape index (κ1) is 24.7. The van der Waals surface area contributed by atoms with Gasteiger partial charge in [-0.15, -0.1) is 0 Å². The second-order valence-electron chi connectivity index (χ2n) is 6.62. The van der Waals surface area contributed by atoms with Crippen LogP contribution in [0.2, 0.25) is 0 Å². The summed E-state index contributed by atoms with van der Waals surface area (Å²) in [7, 11) is 6.83. The second-order valence-corrected chi connectivity index (χ2v) is 6.62. The van der Waals surface area contributed by atoms with E-state index in [4.69, 9.17) is 18.9 Å². The van der Waals surface area contributed by atoms with Gasteiger partial charge in [0.2, 0.25) is 0 Å². The maximum absolute atomic E-state index is 12.3. The molecule has 2 aliphatic heterocycles. The molecule has 0 bridgehead atoms. The lowest BCUT2D eigenvalue weighted by atomic mass is 10.0. The normalized spacial score (nSPS) is 19.1. The van der Waals surface area contributed by atoms with Crippen molar-refractivity contribution in [2.45, 2.75) is 18.6 Å². The van der Waals surface area contributed by atoms with Crippen LogP contribution in [0, 0.1) is 0 Å².